The zero-order valence-electron chi connectivity index (χ0n) is 14.5. The Morgan fingerprint density at radius 3 is 2.64 bits per heavy atom. The number of hydrogen-bond acceptors (Lipinski definition) is 4. The molecule has 0 aliphatic carbocycles. The van der Waals surface area contributed by atoms with E-state index < -0.39 is 0 Å². The third-order valence-corrected chi connectivity index (χ3v) is 5.67. The summed E-state index contributed by atoms with van der Waals surface area (Å²) in [7, 11) is 0. The van der Waals surface area contributed by atoms with Crippen molar-refractivity contribution in [1.82, 2.24) is 20.2 Å². The number of carbonyl (C=O) groups excluding carboxylic acids is 2. The standard InChI is InChI=1S/C19H22N4O2/c1-19(2)16(22-18(19)25)13-6-10-23(11-7-13)17(24)15-14-12(5-9-21-15)4-3-8-20-14/h3-5,8-9,13,16H,6-7,10-11H2,1-2H3,(H,22,25). The van der Waals surface area contributed by atoms with Crippen LogP contribution < -0.4 is 5.32 Å². The average Bonchev–Trinajstić information content (AvgIpc) is 2.65. The number of aromatic nitrogens is 2. The predicted molar refractivity (Wildman–Crippen MR) is 93.9 cm³/mol. The van der Waals surface area contributed by atoms with Crippen LogP contribution in [0.4, 0.5) is 0 Å². The first-order valence-electron chi connectivity index (χ1n) is 8.78. The molecule has 1 unspecified atom stereocenters. The maximum Gasteiger partial charge on any atom is 0.274 e. The molecule has 1 atom stereocenters. The maximum atomic E-state index is 12.9. The molecule has 0 spiro atoms. The van der Waals surface area contributed by atoms with Crippen molar-refractivity contribution < 1.29 is 9.59 Å². The molecular weight excluding hydrogens is 316 g/mol. The van der Waals surface area contributed by atoms with Crippen molar-refractivity contribution >= 4 is 22.7 Å². The quantitative estimate of drug-likeness (QED) is 0.850. The zero-order valence-corrected chi connectivity index (χ0v) is 14.5. The van der Waals surface area contributed by atoms with E-state index in [4.69, 9.17) is 0 Å². The summed E-state index contributed by atoms with van der Waals surface area (Å²) in [6.07, 6.45) is 5.15. The molecule has 2 aliphatic rings. The number of nitrogens with one attached hydrogen (secondary N) is 1. The van der Waals surface area contributed by atoms with E-state index in [0.29, 0.717) is 30.2 Å². The zero-order chi connectivity index (χ0) is 17.6. The highest BCUT2D eigenvalue weighted by atomic mass is 16.2. The van der Waals surface area contributed by atoms with Crippen LogP contribution in [0.1, 0.15) is 37.2 Å². The van der Waals surface area contributed by atoms with E-state index >= 15 is 0 Å². The van der Waals surface area contributed by atoms with Crippen LogP contribution in [-0.2, 0) is 4.79 Å². The number of hydrogen-bond donors (Lipinski definition) is 1. The molecule has 0 aromatic carbocycles. The number of amides is 2. The van der Waals surface area contributed by atoms with Gasteiger partial charge in [-0.15, -0.1) is 0 Å². The maximum absolute atomic E-state index is 12.9. The monoisotopic (exact) mass is 338 g/mol. The first-order chi connectivity index (χ1) is 12.0. The molecule has 25 heavy (non-hydrogen) atoms. The van der Waals surface area contributed by atoms with E-state index in [1.54, 1.807) is 12.4 Å². The number of likely N-dealkylation sites (tertiary alicyclic amines) is 1. The lowest BCUT2D eigenvalue weighted by molar-refractivity contribution is -0.146. The van der Waals surface area contributed by atoms with Gasteiger partial charge in [0.1, 0.15) is 5.52 Å². The molecule has 2 aromatic heterocycles. The minimum absolute atomic E-state index is 0.0559. The van der Waals surface area contributed by atoms with Crippen molar-refractivity contribution in [2.24, 2.45) is 11.3 Å². The number of rotatable bonds is 2. The van der Waals surface area contributed by atoms with Crippen molar-refractivity contribution in [3.8, 4) is 0 Å². The predicted octanol–water partition coefficient (Wildman–Crippen LogP) is 2.01. The van der Waals surface area contributed by atoms with Crippen LogP contribution >= 0.6 is 0 Å². The van der Waals surface area contributed by atoms with E-state index in [1.807, 2.05) is 36.9 Å². The molecular formula is C19H22N4O2. The lowest BCUT2D eigenvalue weighted by Gasteiger charge is -2.50. The van der Waals surface area contributed by atoms with Crippen molar-refractivity contribution in [3.63, 3.8) is 0 Å². The highest BCUT2D eigenvalue weighted by molar-refractivity contribution is 6.03. The summed E-state index contributed by atoms with van der Waals surface area (Å²) in [6, 6.07) is 5.88. The van der Waals surface area contributed by atoms with Crippen molar-refractivity contribution in [1.29, 1.82) is 0 Å². The molecule has 2 amide bonds. The Balaban J connectivity index is 1.47. The lowest BCUT2D eigenvalue weighted by atomic mass is 9.68. The van der Waals surface area contributed by atoms with Gasteiger partial charge in [0.25, 0.3) is 5.91 Å². The number of piperidine rings is 1. The topological polar surface area (TPSA) is 75.2 Å². The van der Waals surface area contributed by atoms with E-state index in [1.165, 1.54) is 0 Å². The average molecular weight is 338 g/mol. The molecule has 1 N–H and O–H groups in total. The summed E-state index contributed by atoms with van der Waals surface area (Å²) in [5, 5.41) is 3.96. The SMILES string of the molecule is CC1(C)C(=O)NC1C1CCN(C(=O)c2nccc3cccnc23)CC1. The molecule has 6 nitrogen and oxygen atoms in total. The Labute approximate surface area is 146 Å². The van der Waals surface area contributed by atoms with E-state index in [2.05, 4.69) is 15.3 Å². The minimum Gasteiger partial charge on any atom is -0.351 e. The van der Waals surface area contributed by atoms with Crippen LogP contribution in [0.15, 0.2) is 30.6 Å². The number of pyridine rings is 2. The van der Waals surface area contributed by atoms with Gasteiger partial charge in [0.2, 0.25) is 5.91 Å². The van der Waals surface area contributed by atoms with Gasteiger partial charge in [-0.1, -0.05) is 6.07 Å². The second-order valence-electron chi connectivity index (χ2n) is 7.54. The van der Waals surface area contributed by atoms with Crippen LogP contribution in [0, 0.1) is 11.3 Å². The van der Waals surface area contributed by atoms with E-state index in [9.17, 15) is 9.59 Å². The summed E-state index contributed by atoms with van der Waals surface area (Å²) >= 11 is 0. The normalized spacial score (nSPS) is 23.2. The van der Waals surface area contributed by atoms with Gasteiger partial charge >= 0.3 is 0 Å². The highest BCUT2D eigenvalue weighted by Gasteiger charge is 2.51. The van der Waals surface area contributed by atoms with Crippen LogP contribution in [0.2, 0.25) is 0 Å². The Morgan fingerprint density at radius 1 is 1.20 bits per heavy atom. The van der Waals surface area contributed by atoms with E-state index in [0.717, 1.165) is 18.2 Å². The summed E-state index contributed by atoms with van der Waals surface area (Å²) in [4.78, 5) is 35.1. The molecule has 0 radical (unpaired) electrons. The van der Waals surface area contributed by atoms with E-state index in [-0.39, 0.29) is 23.3 Å². The van der Waals surface area contributed by atoms with Crippen LogP contribution in [0.3, 0.4) is 0 Å². The van der Waals surface area contributed by atoms with Gasteiger partial charge in [0.05, 0.1) is 5.41 Å². The first-order valence-corrected chi connectivity index (χ1v) is 8.78. The summed E-state index contributed by atoms with van der Waals surface area (Å²) in [6.45, 7) is 5.38. The molecule has 0 saturated carbocycles. The fourth-order valence-corrected chi connectivity index (χ4v) is 4.02. The van der Waals surface area contributed by atoms with Crippen LogP contribution in [0.5, 0.6) is 0 Å². The van der Waals surface area contributed by atoms with Gasteiger partial charge in [0, 0.05) is 36.9 Å². The van der Waals surface area contributed by atoms with Crippen LogP contribution in [0.25, 0.3) is 10.9 Å². The third-order valence-electron chi connectivity index (χ3n) is 5.67. The van der Waals surface area contributed by atoms with Gasteiger partial charge in [-0.25, -0.2) is 4.98 Å². The fourth-order valence-electron chi connectivity index (χ4n) is 4.02. The van der Waals surface area contributed by atoms with Gasteiger partial charge in [-0.05, 0) is 44.7 Å². The van der Waals surface area contributed by atoms with Gasteiger partial charge < -0.3 is 10.2 Å². The van der Waals surface area contributed by atoms with Crippen molar-refractivity contribution in [2.45, 2.75) is 32.7 Å². The summed E-state index contributed by atoms with van der Waals surface area (Å²) in [5.41, 5.74) is 0.788. The molecule has 130 valence electrons. The largest absolute Gasteiger partial charge is 0.351 e. The Bertz CT molecular complexity index is 835. The molecule has 2 fully saturated rings. The van der Waals surface area contributed by atoms with Crippen molar-refractivity contribution in [2.75, 3.05) is 13.1 Å². The van der Waals surface area contributed by atoms with Gasteiger partial charge in [0.15, 0.2) is 5.69 Å². The second-order valence-corrected chi connectivity index (χ2v) is 7.54. The Hall–Kier alpha value is -2.50. The first kappa shape index (κ1) is 16.0. The molecule has 2 saturated heterocycles. The molecule has 0 bridgehead atoms. The Kier molecular flexibility index (Phi) is 3.71. The fraction of sp³-hybridized carbons (Fsp3) is 0.474. The highest BCUT2D eigenvalue weighted by Crippen LogP contribution is 2.38. The second kappa shape index (κ2) is 5.79. The van der Waals surface area contributed by atoms with Crippen LogP contribution in [-0.4, -0.2) is 45.8 Å². The lowest BCUT2D eigenvalue weighted by Crippen LogP contribution is -2.68. The molecule has 2 aliphatic heterocycles. The minimum atomic E-state index is -0.294. The molecule has 2 aromatic rings. The number of nitrogens with zero attached hydrogens (tertiary/aromatic N) is 3. The number of fused-ring (bicyclic) bond motifs is 1. The summed E-state index contributed by atoms with van der Waals surface area (Å²) in [5.74, 6) is 0.497. The smallest absolute Gasteiger partial charge is 0.274 e. The number of β-lactam (4-membered cyclic amide) rings is 1. The Morgan fingerprint density at radius 2 is 1.96 bits per heavy atom. The molecule has 6 heteroatoms. The van der Waals surface area contributed by atoms with Gasteiger partial charge in [-0.3, -0.25) is 14.6 Å². The summed E-state index contributed by atoms with van der Waals surface area (Å²) < 4.78 is 0. The van der Waals surface area contributed by atoms with Gasteiger partial charge in [-0.2, -0.15) is 0 Å². The molecule has 4 rings (SSSR count). The number of carbonyl (C=O) groups is 2. The van der Waals surface area contributed by atoms with Crippen molar-refractivity contribution in [3.05, 3.63) is 36.3 Å². The third kappa shape index (κ3) is 2.56. The molecule has 4 heterocycles.